The Bertz CT molecular complexity index is 454. The molecule has 0 saturated carbocycles. The summed E-state index contributed by atoms with van der Waals surface area (Å²) in [6.45, 7) is 3.66. The maximum absolute atomic E-state index is 12.0. The predicted molar refractivity (Wildman–Crippen MR) is 80.1 cm³/mol. The van der Waals surface area contributed by atoms with Gasteiger partial charge in [0.15, 0.2) is 0 Å². The van der Waals surface area contributed by atoms with Crippen LogP contribution >= 0.6 is 0 Å². The normalized spacial score (nSPS) is 18.6. The van der Waals surface area contributed by atoms with Crippen LogP contribution in [0.2, 0.25) is 0 Å². The summed E-state index contributed by atoms with van der Waals surface area (Å²) in [5.74, 6) is 1.01. The topological polar surface area (TPSA) is 50.4 Å². The first-order valence-electron chi connectivity index (χ1n) is 7.35. The van der Waals surface area contributed by atoms with Gasteiger partial charge in [-0.1, -0.05) is 24.1 Å². The maximum atomic E-state index is 12.0. The van der Waals surface area contributed by atoms with Crippen LogP contribution in [0.1, 0.15) is 30.4 Å². The fourth-order valence-corrected chi connectivity index (χ4v) is 2.62. The van der Waals surface area contributed by atoms with E-state index in [1.54, 1.807) is 7.11 Å². The minimum Gasteiger partial charge on any atom is -0.496 e. The summed E-state index contributed by atoms with van der Waals surface area (Å²) in [5.41, 5.74) is 2.35. The van der Waals surface area contributed by atoms with Gasteiger partial charge in [0.05, 0.1) is 13.2 Å². The van der Waals surface area contributed by atoms with Gasteiger partial charge < -0.3 is 15.4 Å². The van der Waals surface area contributed by atoms with Gasteiger partial charge in [-0.25, -0.2) is 0 Å². The zero-order valence-electron chi connectivity index (χ0n) is 12.4. The van der Waals surface area contributed by atoms with E-state index in [-0.39, 0.29) is 11.9 Å². The Kier molecular flexibility index (Phi) is 5.41. The number of piperidine rings is 1. The lowest BCUT2D eigenvalue weighted by Crippen LogP contribution is -2.47. The van der Waals surface area contributed by atoms with Crippen molar-refractivity contribution in [1.29, 1.82) is 0 Å². The molecule has 4 nitrogen and oxygen atoms in total. The average molecular weight is 276 g/mol. The molecule has 110 valence electrons. The predicted octanol–water partition coefficient (Wildman–Crippen LogP) is 1.80. The van der Waals surface area contributed by atoms with Crippen LogP contribution < -0.4 is 15.4 Å². The van der Waals surface area contributed by atoms with E-state index in [0.29, 0.717) is 6.54 Å². The fraction of sp³-hybridized carbons (Fsp3) is 0.562. The van der Waals surface area contributed by atoms with Gasteiger partial charge in [-0.3, -0.25) is 4.79 Å². The van der Waals surface area contributed by atoms with Crippen molar-refractivity contribution in [2.24, 2.45) is 0 Å². The third-order valence-electron chi connectivity index (χ3n) is 3.76. The van der Waals surface area contributed by atoms with Gasteiger partial charge in [0.2, 0.25) is 5.91 Å². The molecular formula is C16H24N2O2. The zero-order chi connectivity index (χ0) is 14.4. The van der Waals surface area contributed by atoms with E-state index in [1.807, 2.05) is 12.1 Å². The Morgan fingerprint density at radius 3 is 3.00 bits per heavy atom. The lowest BCUT2D eigenvalue weighted by molar-refractivity contribution is -0.123. The molecule has 0 aliphatic carbocycles. The van der Waals surface area contributed by atoms with Gasteiger partial charge in [0.25, 0.3) is 0 Å². The number of benzene rings is 1. The van der Waals surface area contributed by atoms with Crippen molar-refractivity contribution >= 4 is 5.91 Å². The summed E-state index contributed by atoms with van der Waals surface area (Å²) in [5, 5.41) is 6.28. The number of nitrogens with one attached hydrogen (secondary N) is 2. The van der Waals surface area contributed by atoms with E-state index in [1.165, 1.54) is 12.0 Å². The lowest BCUT2D eigenvalue weighted by atomic mass is 10.0. The minimum absolute atomic E-state index is 0.0110. The maximum Gasteiger partial charge on any atom is 0.237 e. The van der Waals surface area contributed by atoms with Gasteiger partial charge in [0, 0.05) is 6.54 Å². The highest BCUT2D eigenvalue weighted by atomic mass is 16.5. The van der Waals surface area contributed by atoms with Crippen molar-refractivity contribution in [3.63, 3.8) is 0 Å². The molecule has 1 saturated heterocycles. The quantitative estimate of drug-likeness (QED) is 0.862. The van der Waals surface area contributed by atoms with E-state index in [4.69, 9.17) is 4.74 Å². The second-order valence-corrected chi connectivity index (χ2v) is 5.36. The van der Waals surface area contributed by atoms with E-state index >= 15 is 0 Å². The lowest BCUT2D eigenvalue weighted by Gasteiger charge is -2.22. The van der Waals surface area contributed by atoms with E-state index < -0.39 is 0 Å². The second kappa shape index (κ2) is 7.29. The van der Waals surface area contributed by atoms with Crippen molar-refractivity contribution in [2.75, 3.05) is 20.2 Å². The Morgan fingerprint density at radius 1 is 1.45 bits per heavy atom. The number of hydrogen-bond acceptors (Lipinski definition) is 3. The van der Waals surface area contributed by atoms with Gasteiger partial charge in [-0.2, -0.15) is 0 Å². The Balaban J connectivity index is 1.83. The SMILES string of the molecule is COc1ccc(C)cc1CCNC(=O)C1CCCCN1. The first-order chi connectivity index (χ1) is 9.70. The number of carbonyl (C=O) groups is 1. The van der Waals surface area contributed by atoms with Crippen LogP contribution in [-0.4, -0.2) is 32.1 Å². The summed E-state index contributed by atoms with van der Waals surface area (Å²) in [4.78, 5) is 12.0. The molecule has 2 rings (SSSR count). The molecule has 1 aromatic carbocycles. The standard InChI is InChI=1S/C16H24N2O2/c1-12-6-7-15(20-2)13(11-12)8-10-18-16(19)14-5-3-4-9-17-14/h6-7,11,14,17H,3-5,8-10H2,1-2H3,(H,18,19). The monoisotopic (exact) mass is 276 g/mol. The molecular weight excluding hydrogens is 252 g/mol. The molecule has 1 fully saturated rings. The number of amides is 1. The largest absolute Gasteiger partial charge is 0.496 e. The van der Waals surface area contributed by atoms with Gasteiger partial charge >= 0.3 is 0 Å². The molecule has 0 aromatic heterocycles. The van der Waals surface area contributed by atoms with Crippen LogP contribution in [-0.2, 0) is 11.2 Å². The zero-order valence-corrected chi connectivity index (χ0v) is 12.4. The third-order valence-corrected chi connectivity index (χ3v) is 3.76. The minimum atomic E-state index is -0.0110. The van der Waals surface area contributed by atoms with Crippen LogP contribution in [0, 0.1) is 6.92 Å². The van der Waals surface area contributed by atoms with Crippen LogP contribution in [0.25, 0.3) is 0 Å². The molecule has 1 heterocycles. The smallest absolute Gasteiger partial charge is 0.237 e. The molecule has 20 heavy (non-hydrogen) atoms. The summed E-state index contributed by atoms with van der Waals surface area (Å²) in [7, 11) is 1.68. The molecule has 4 heteroatoms. The van der Waals surface area contributed by atoms with Crippen molar-refractivity contribution in [2.45, 2.75) is 38.6 Å². The number of hydrogen-bond donors (Lipinski definition) is 2. The number of rotatable bonds is 5. The highest BCUT2D eigenvalue weighted by molar-refractivity contribution is 5.81. The van der Waals surface area contributed by atoms with Crippen LogP contribution in [0.15, 0.2) is 18.2 Å². The molecule has 0 spiro atoms. The summed E-state index contributed by atoms with van der Waals surface area (Å²) >= 11 is 0. The second-order valence-electron chi connectivity index (χ2n) is 5.36. The Labute approximate surface area is 120 Å². The van der Waals surface area contributed by atoms with Crippen molar-refractivity contribution < 1.29 is 9.53 Å². The van der Waals surface area contributed by atoms with Gasteiger partial charge in [-0.15, -0.1) is 0 Å². The van der Waals surface area contributed by atoms with Crippen molar-refractivity contribution in [3.8, 4) is 5.75 Å². The number of carbonyl (C=O) groups excluding carboxylic acids is 1. The van der Waals surface area contributed by atoms with Crippen molar-refractivity contribution in [1.82, 2.24) is 10.6 Å². The molecule has 1 aliphatic heterocycles. The highest BCUT2D eigenvalue weighted by Crippen LogP contribution is 2.19. The first-order valence-corrected chi connectivity index (χ1v) is 7.35. The number of aryl methyl sites for hydroxylation is 1. The van der Waals surface area contributed by atoms with Crippen molar-refractivity contribution in [3.05, 3.63) is 29.3 Å². The molecule has 1 unspecified atom stereocenters. The van der Waals surface area contributed by atoms with E-state index in [2.05, 4.69) is 23.6 Å². The third kappa shape index (κ3) is 3.97. The molecule has 1 aromatic rings. The molecule has 1 atom stereocenters. The van der Waals surface area contributed by atoms with Crippen LogP contribution in [0.4, 0.5) is 0 Å². The molecule has 0 radical (unpaired) electrons. The summed E-state index contributed by atoms with van der Waals surface area (Å²) < 4.78 is 5.35. The number of ether oxygens (including phenoxy) is 1. The van der Waals surface area contributed by atoms with E-state index in [0.717, 1.165) is 37.1 Å². The molecule has 1 aliphatic rings. The Hall–Kier alpha value is -1.55. The molecule has 0 bridgehead atoms. The van der Waals surface area contributed by atoms with Crippen LogP contribution in [0.5, 0.6) is 5.75 Å². The first kappa shape index (κ1) is 14.9. The van der Waals surface area contributed by atoms with E-state index in [9.17, 15) is 4.79 Å². The fourth-order valence-electron chi connectivity index (χ4n) is 2.62. The van der Waals surface area contributed by atoms with Gasteiger partial charge in [0.1, 0.15) is 5.75 Å². The summed E-state index contributed by atoms with van der Waals surface area (Å²) in [6.07, 6.45) is 4.05. The number of methoxy groups -OCH3 is 1. The average Bonchev–Trinajstić information content (AvgIpc) is 2.48. The van der Waals surface area contributed by atoms with Gasteiger partial charge in [-0.05, 0) is 44.4 Å². The molecule has 2 N–H and O–H groups in total. The van der Waals surface area contributed by atoms with Crippen LogP contribution in [0.3, 0.4) is 0 Å². The molecule has 1 amide bonds. The Morgan fingerprint density at radius 2 is 2.30 bits per heavy atom. The highest BCUT2D eigenvalue weighted by Gasteiger charge is 2.19. The summed E-state index contributed by atoms with van der Waals surface area (Å²) in [6, 6.07) is 6.12.